The molecular weight excluding hydrogens is 431 g/mol. The van der Waals surface area contributed by atoms with Crippen LogP contribution in [0.15, 0.2) is 72.3 Å². The lowest BCUT2D eigenvalue weighted by Gasteiger charge is -2.26. The Hall–Kier alpha value is -3.77. The average molecular weight is 449 g/mol. The first-order valence-corrected chi connectivity index (χ1v) is 10.2. The standard InChI is InChI=1S/C25H18ClFN2O3/c1-15-10-11-19(14-21(15)26)29-24(31)20(23(30)28-25(29)32)13-17-7-3-2-6-16(17)12-18-8-4-5-9-22(18)27/h2-11,13-14H,12H2,1H3,(H,28,30,32)/b20-13+. The van der Waals surface area contributed by atoms with Crippen LogP contribution in [0.25, 0.3) is 6.08 Å². The van der Waals surface area contributed by atoms with E-state index in [9.17, 15) is 18.8 Å². The summed E-state index contributed by atoms with van der Waals surface area (Å²) in [5.74, 6) is -1.90. The number of benzene rings is 3. The fraction of sp³-hybridized carbons (Fsp3) is 0.0800. The minimum absolute atomic E-state index is 0.206. The van der Waals surface area contributed by atoms with Crippen LogP contribution in [0, 0.1) is 12.7 Å². The third-order valence-corrected chi connectivity index (χ3v) is 5.62. The number of carbonyl (C=O) groups is 3. The number of imide groups is 2. The first kappa shape index (κ1) is 21.5. The molecule has 0 radical (unpaired) electrons. The molecule has 5 nitrogen and oxygen atoms in total. The molecule has 0 aromatic heterocycles. The van der Waals surface area contributed by atoms with Crippen molar-refractivity contribution in [3.63, 3.8) is 0 Å². The van der Waals surface area contributed by atoms with Gasteiger partial charge in [-0.05, 0) is 53.5 Å². The van der Waals surface area contributed by atoms with Gasteiger partial charge < -0.3 is 0 Å². The number of hydrogen-bond acceptors (Lipinski definition) is 3. The van der Waals surface area contributed by atoms with Crippen molar-refractivity contribution >= 4 is 41.2 Å². The Morgan fingerprint density at radius 1 is 0.969 bits per heavy atom. The van der Waals surface area contributed by atoms with Crippen molar-refractivity contribution in [2.24, 2.45) is 0 Å². The van der Waals surface area contributed by atoms with Gasteiger partial charge in [0.05, 0.1) is 5.69 Å². The van der Waals surface area contributed by atoms with Gasteiger partial charge in [-0.3, -0.25) is 14.9 Å². The van der Waals surface area contributed by atoms with Crippen molar-refractivity contribution in [2.45, 2.75) is 13.3 Å². The molecule has 1 fully saturated rings. The monoisotopic (exact) mass is 448 g/mol. The van der Waals surface area contributed by atoms with Crippen molar-refractivity contribution in [1.29, 1.82) is 0 Å². The number of anilines is 1. The second-order valence-electron chi connectivity index (χ2n) is 7.36. The van der Waals surface area contributed by atoms with E-state index in [1.807, 2.05) is 0 Å². The quantitative estimate of drug-likeness (QED) is 0.449. The summed E-state index contributed by atoms with van der Waals surface area (Å²) in [6.45, 7) is 1.80. The lowest BCUT2D eigenvalue weighted by molar-refractivity contribution is -0.122. The second-order valence-corrected chi connectivity index (χ2v) is 7.77. The fourth-order valence-corrected chi connectivity index (χ4v) is 3.63. The molecule has 1 saturated heterocycles. The van der Waals surface area contributed by atoms with Crippen LogP contribution < -0.4 is 10.2 Å². The number of halogens is 2. The van der Waals surface area contributed by atoms with Crippen LogP contribution in [-0.4, -0.2) is 17.8 Å². The highest BCUT2D eigenvalue weighted by Crippen LogP contribution is 2.27. The van der Waals surface area contributed by atoms with Crippen molar-refractivity contribution in [3.8, 4) is 0 Å². The number of amides is 4. The Kier molecular flexibility index (Phi) is 5.88. The SMILES string of the molecule is Cc1ccc(N2C(=O)NC(=O)/C(=C\c3ccccc3Cc3ccccc3F)C2=O)cc1Cl. The molecule has 1 N–H and O–H groups in total. The highest BCUT2D eigenvalue weighted by Gasteiger charge is 2.37. The third-order valence-electron chi connectivity index (χ3n) is 5.21. The molecule has 0 saturated carbocycles. The summed E-state index contributed by atoms with van der Waals surface area (Å²) >= 11 is 6.15. The number of nitrogens with one attached hydrogen (secondary N) is 1. The van der Waals surface area contributed by atoms with E-state index in [2.05, 4.69) is 5.32 Å². The topological polar surface area (TPSA) is 66.5 Å². The van der Waals surface area contributed by atoms with E-state index in [0.29, 0.717) is 16.1 Å². The molecule has 32 heavy (non-hydrogen) atoms. The number of barbiturate groups is 1. The Morgan fingerprint density at radius 2 is 1.66 bits per heavy atom. The summed E-state index contributed by atoms with van der Waals surface area (Å²) in [7, 11) is 0. The molecule has 4 amide bonds. The first-order chi connectivity index (χ1) is 15.3. The van der Waals surface area contributed by atoms with Crippen molar-refractivity contribution < 1.29 is 18.8 Å². The minimum Gasteiger partial charge on any atom is -0.273 e. The number of urea groups is 1. The number of carbonyl (C=O) groups excluding carboxylic acids is 3. The maximum atomic E-state index is 14.1. The molecule has 7 heteroatoms. The molecular formula is C25H18ClFN2O3. The van der Waals surface area contributed by atoms with E-state index >= 15 is 0 Å². The molecule has 0 aliphatic carbocycles. The van der Waals surface area contributed by atoms with Crippen molar-refractivity contribution in [2.75, 3.05) is 4.90 Å². The smallest absolute Gasteiger partial charge is 0.273 e. The van der Waals surface area contributed by atoms with Gasteiger partial charge in [-0.2, -0.15) is 0 Å². The van der Waals surface area contributed by atoms with Gasteiger partial charge in [0.2, 0.25) is 0 Å². The number of hydrogen-bond donors (Lipinski definition) is 1. The zero-order valence-corrected chi connectivity index (χ0v) is 17.8. The number of nitrogens with zero attached hydrogens (tertiary/aromatic N) is 1. The lowest BCUT2D eigenvalue weighted by Crippen LogP contribution is -2.54. The largest absolute Gasteiger partial charge is 0.335 e. The fourth-order valence-electron chi connectivity index (χ4n) is 3.45. The van der Waals surface area contributed by atoms with Gasteiger partial charge in [-0.25, -0.2) is 14.1 Å². The molecule has 0 bridgehead atoms. The Morgan fingerprint density at radius 3 is 2.38 bits per heavy atom. The normalized spacial score (nSPS) is 15.3. The third kappa shape index (κ3) is 4.18. The van der Waals surface area contributed by atoms with Gasteiger partial charge in [0.25, 0.3) is 11.8 Å². The van der Waals surface area contributed by atoms with Gasteiger partial charge in [0.15, 0.2) is 0 Å². The van der Waals surface area contributed by atoms with E-state index in [4.69, 9.17) is 11.6 Å². The zero-order chi connectivity index (χ0) is 22.8. The van der Waals surface area contributed by atoms with Gasteiger partial charge in [-0.15, -0.1) is 0 Å². The molecule has 0 unspecified atom stereocenters. The van der Waals surface area contributed by atoms with Crippen LogP contribution in [0.4, 0.5) is 14.9 Å². The Balaban J connectivity index is 1.73. The predicted octanol–water partition coefficient (Wildman–Crippen LogP) is 5.04. The molecule has 3 aromatic rings. The van der Waals surface area contributed by atoms with Crippen LogP contribution in [0.1, 0.15) is 22.3 Å². The summed E-state index contributed by atoms with van der Waals surface area (Å²) < 4.78 is 14.1. The van der Waals surface area contributed by atoms with Gasteiger partial charge >= 0.3 is 6.03 Å². The molecule has 1 aliphatic heterocycles. The molecule has 1 heterocycles. The molecule has 3 aromatic carbocycles. The van der Waals surface area contributed by atoms with Crippen LogP contribution >= 0.6 is 11.6 Å². The van der Waals surface area contributed by atoms with Crippen molar-refractivity contribution in [1.82, 2.24) is 5.32 Å². The van der Waals surface area contributed by atoms with Crippen LogP contribution in [0.3, 0.4) is 0 Å². The van der Waals surface area contributed by atoms with E-state index in [-0.39, 0.29) is 23.5 Å². The first-order valence-electron chi connectivity index (χ1n) is 9.84. The number of aryl methyl sites for hydroxylation is 1. The maximum Gasteiger partial charge on any atom is 0.335 e. The second kappa shape index (κ2) is 8.77. The Bertz CT molecular complexity index is 1290. The van der Waals surface area contributed by atoms with Crippen LogP contribution in [0.2, 0.25) is 5.02 Å². The molecule has 4 rings (SSSR count). The van der Waals surface area contributed by atoms with E-state index < -0.39 is 17.8 Å². The lowest BCUT2D eigenvalue weighted by atomic mass is 9.97. The maximum absolute atomic E-state index is 14.1. The summed E-state index contributed by atoms with van der Waals surface area (Å²) in [5, 5.41) is 2.59. The van der Waals surface area contributed by atoms with Gasteiger partial charge in [0, 0.05) is 11.4 Å². The molecule has 0 atom stereocenters. The van der Waals surface area contributed by atoms with Crippen LogP contribution in [-0.2, 0) is 16.0 Å². The van der Waals surface area contributed by atoms with E-state index in [1.54, 1.807) is 61.5 Å². The summed E-state index contributed by atoms with van der Waals surface area (Å²) in [6, 6.07) is 17.4. The summed E-state index contributed by atoms with van der Waals surface area (Å²) in [5.41, 5.74) is 2.62. The van der Waals surface area contributed by atoms with E-state index in [0.717, 1.165) is 16.0 Å². The zero-order valence-electron chi connectivity index (χ0n) is 17.1. The molecule has 160 valence electrons. The highest BCUT2D eigenvalue weighted by atomic mass is 35.5. The summed E-state index contributed by atoms with van der Waals surface area (Å²) in [4.78, 5) is 38.9. The summed E-state index contributed by atoms with van der Waals surface area (Å²) in [6.07, 6.45) is 1.70. The minimum atomic E-state index is -0.850. The van der Waals surface area contributed by atoms with Gasteiger partial charge in [0.1, 0.15) is 11.4 Å². The number of rotatable bonds is 4. The molecule has 0 spiro atoms. The van der Waals surface area contributed by atoms with Crippen molar-refractivity contribution in [3.05, 3.63) is 105 Å². The van der Waals surface area contributed by atoms with Gasteiger partial charge in [-0.1, -0.05) is 60.1 Å². The predicted molar refractivity (Wildman–Crippen MR) is 121 cm³/mol. The average Bonchev–Trinajstić information content (AvgIpc) is 2.76. The van der Waals surface area contributed by atoms with Crippen LogP contribution in [0.5, 0.6) is 0 Å². The Labute approximate surface area is 189 Å². The highest BCUT2D eigenvalue weighted by molar-refractivity contribution is 6.39. The molecule has 1 aliphatic rings. The van der Waals surface area contributed by atoms with E-state index in [1.165, 1.54) is 18.2 Å².